The lowest BCUT2D eigenvalue weighted by atomic mass is 9.90. The smallest absolute Gasteiger partial charge is 0.191 e. The molecule has 1 aromatic rings. The summed E-state index contributed by atoms with van der Waals surface area (Å²) in [7, 11) is 1.69. The molecule has 2 N–H and O–H groups in total. The number of hydrogen-bond donors (Lipinski definition) is 2. The predicted molar refractivity (Wildman–Crippen MR) is 145 cm³/mol. The summed E-state index contributed by atoms with van der Waals surface area (Å²) in [4.78, 5) is 7.28. The second-order valence-electron chi connectivity index (χ2n) is 8.33. The van der Waals surface area contributed by atoms with E-state index in [0.717, 1.165) is 44.5 Å². The van der Waals surface area contributed by atoms with Gasteiger partial charge in [0.2, 0.25) is 0 Å². The second-order valence-corrected chi connectivity index (χ2v) is 8.33. The number of halogens is 1. The van der Waals surface area contributed by atoms with Crippen LogP contribution in [0.5, 0.6) is 0 Å². The SMILES string of the molecule is CCNC(=NCCCOCCOC)NCCCCN1CCC(Cc2ccccc2)CC1.I. The van der Waals surface area contributed by atoms with E-state index in [1.54, 1.807) is 7.11 Å². The summed E-state index contributed by atoms with van der Waals surface area (Å²) in [5.74, 6) is 1.77. The molecule has 0 atom stereocenters. The van der Waals surface area contributed by atoms with Gasteiger partial charge in [-0.2, -0.15) is 0 Å². The first-order chi connectivity index (χ1) is 15.3. The topological polar surface area (TPSA) is 58.1 Å². The third-order valence-corrected chi connectivity index (χ3v) is 5.76. The Hall–Kier alpha value is -0.900. The Kier molecular flexibility index (Phi) is 17.8. The fraction of sp³-hybridized carbons (Fsp3) is 0.720. The summed E-state index contributed by atoms with van der Waals surface area (Å²) in [6.07, 6.45) is 7.25. The quantitative estimate of drug-likeness (QED) is 0.147. The lowest BCUT2D eigenvalue weighted by Gasteiger charge is -2.32. The highest BCUT2D eigenvalue weighted by Gasteiger charge is 2.18. The van der Waals surface area contributed by atoms with Crippen molar-refractivity contribution in [3.8, 4) is 0 Å². The molecule has 0 bridgehead atoms. The number of ether oxygens (including phenoxy) is 2. The number of piperidine rings is 1. The number of unbranched alkanes of at least 4 members (excludes halogenated alkanes) is 1. The molecule has 1 aliphatic rings. The lowest BCUT2D eigenvalue weighted by molar-refractivity contribution is 0.0702. The molecular weight excluding hydrogens is 515 g/mol. The highest BCUT2D eigenvalue weighted by Crippen LogP contribution is 2.21. The highest BCUT2D eigenvalue weighted by atomic mass is 127. The molecular formula is C25H45IN4O2. The van der Waals surface area contributed by atoms with Gasteiger partial charge in [0, 0.05) is 33.4 Å². The van der Waals surface area contributed by atoms with Gasteiger partial charge in [-0.1, -0.05) is 30.3 Å². The molecule has 0 aliphatic carbocycles. The maximum atomic E-state index is 5.48. The molecule has 184 valence electrons. The van der Waals surface area contributed by atoms with Gasteiger partial charge in [0.1, 0.15) is 0 Å². The van der Waals surface area contributed by atoms with Crippen LogP contribution in [-0.4, -0.2) is 77.1 Å². The maximum absolute atomic E-state index is 5.48. The van der Waals surface area contributed by atoms with Crippen LogP contribution in [-0.2, 0) is 15.9 Å². The van der Waals surface area contributed by atoms with Crippen molar-refractivity contribution in [3.05, 3.63) is 35.9 Å². The van der Waals surface area contributed by atoms with E-state index in [0.29, 0.717) is 13.2 Å². The lowest BCUT2D eigenvalue weighted by Crippen LogP contribution is -2.38. The molecule has 2 rings (SSSR count). The predicted octanol–water partition coefficient (Wildman–Crippen LogP) is 3.95. The minimum absolute atomic E-state index is 0. The van der Waals surface area contributed by atoms with Crippen molar-refractivity contribution in [3.63, 3.8) is 0 Å². The summed E-state index contributed by atoms with van der Waals surface area (Å²) in [5, 5.41) is 6.79. The fourth-order valence-corrected chi connectivity index (χ4v) is 3.97. The average molecular weight is 561 g/mol. The Morgan fingerprint density at radius 3 is 2.53 bits per heavy atom. The Balaban J connectivity index is 0.00000512. The zero-order chi connectivity index (χ0) is 22.0. The first-order valence-electron chi connectivity index (χ1n) is 12.2. The van der Waals surface area contributed by atoms with Crippen LogP contribution in [0.3, 0.4) is 0 Å². The Labute approximate surface area is 212 Å². The molecule has 7 heteroatoms. The summed E-state index contributed by atoms with van der Waals surface area (Å²) in [6.45, 7) is 10.5. The van der Waals surface area contributed by atoms with E-state index in [1.165, 1.54) is 57.3 Å². The van der Waals surface area contributed by atoms with Gasteiger partial charge >= 0.3 is 0 Å². The molecule has 0 aromatic heterocycles. The molecule has 0 unspecified atom stereocenters. The minimum Gasteiger partial charge on any atom is -0.382 e. The van der Waals surface area contributed by atoms with E-state index in [9.17, 15) is 0 Å². The Bertz CT molecular complexity index is 581. The van der Waals surface area contributed by atoms with Gasteiger partial charge in [0.05, 0.1) is 13.2 Å². The van der Waals surface area contributed by atoms with E-state index in [4.69, 9.17) is 9.47 Å². The summed E-state index contributed by atoms with van der Waals surface area (Å²) in [5.41, 5.74) is 1.49. The number of hydrogen-bond acceptors (Lipinski definition) is 4. The summed E-state index contributed by atoms with van der Waals surface area (Å²) in [6, 6.07) is 10.9. The van der Waals surface area contributed by atoms with Crippen molar-refractivity contribution >= 4 is 29.9 Å². The number of likely N-dealkylation sites (tertiary alicyclic amines) is 1. The van der Waals surface area contributed by atoms with Crippen LogP contribution in [0.15, 0.2) is 35.3 Å². The van der Waals surface area contributed by atoms with E-state index >= 15 is 0 Å². The van der Waals surface area contributed by atoms with Gasteiger partial charge in [-0.3, -0.25) is 4.99 Å². The molecule has 1 fully saturated rings. The monoisotopic (exact) mass is 560 g/mol. The number of nitrogens with zero attached hydrogens (tertiary/aromatic N) is 2. The molecule has 6 nitrogen and oxygen atoms in total. The normalized spacial score (nSPS) is 15.4. The first kappa shape index (κ1) is 29.1. The van der Waals surface area contributed by atoms with Gasteiger partial charge in [-0.05, 0) is 76.6 Å². The molecule has 0 amide bonds. The third-order valence-electron chi connectivity index (χ3n) is 5.76. The van der Waals surface area contributed by atoms with Crippen LogP contribution < -0.4 is 10.6 Å². The van der Waals surface area contributed by atoms with Crippen molar-refractivity contribution in [2.75, 3.05) is 66.2 Å². The number of aliphatic imine (C=N–C) groups is 1. The Morgan fingerprint density at radius 1 is 1.03 bits per heavy atom. The zero-order valence-corrected chi connectivity index (χ0v) is 22.5. The van der Waals surface area contributed by atoms with Gasteiger partial charge in [-0.15, -0.1) is 24.0 Å². The van der Waals surface area contributed by atoms with Crippen molar-refractivity contribution in [1.29, 1.82) is 0 Å². The molecule has 0 radical (unpaired) electrons. The van der Waals surface area contributed by atoms with Gasteiger partial charge < -0.3 is 25.0 Å². The fourth-order valence-electron chi connectivity index (χ4n) is 3.97. The number of rotatable bonds is 15. The van der Waals surface area contributed by atoms with E-state index < -0.39 is 0 Å². The van der Waals surface area contributed by atoms with Crippen LogP contribution in [0.25, 0.3) is 0 Å². The Morgan fingerprint density at radius 2 is 1.81 bits per heavy atom. The van der Waals surface area contributed by atoms with E-state index in [2.05, 4.69) is 57.8 Å². The molecule has 0 spiro atoms. The van der Waals surface area contributed by atoms with Gasteiger partial charge in [0.25, 0.3) is 0 Å². The van der Waals surface area contributed by atoms with Crippen molar-refractivity contribution in [2.24, 2.45) is 10.9 Å². The standard InChI is InChI=1S/C25H44N4O2.HI/c1-3-26-25(28-15-9-19-31-21-20-30-2)27-14-7-8-16-29-17-12-24(13-18-29)22-23-10-5-4-6-11-23;/h4-6,10-11,24H,3,7-9,12-22H2,1-2H3,(H2,26,27,28);1H. The van der Waals surface area contributed by atoms with Crippen LogP contribution in [0.4, 0.5) is 0 Å². The van der Waals surface area contributed by atoms with E-state index in [-0.39, 0.29) is 24.0 Å². The molecule has 1 saturated heterocycles. The molecule has 32 heavy (non-hydrogen) atoms. The van der Waals surface area contributed by atoms with Crippen molar-refractivity contribution in [1.82, 2.24) is 15.5 Å². The number of nitrogens with one attached hydrogen (secondary N) is 2. The highest BCUT2D eigenvalue weighted by molar-refractivity contribution is 14.0. The molecule has 1 aliphatic heterocycles. The van der Waals surface area contributed by atoms with Crippen LogP contribution >= 0.6 is 24.0 Å². The minimum atomic E-state index is 0. The number of guanidine groups is 1. The maximum Gasteiger partial charge on any atom is 0.191 e. The number of methoxy groups -OCH3 is 1. The van der Waals surface area contributed by atoms with Crippen molar-refractivity contribution in [2.45, 2.75) is 45.4 Å². The second kappa shape index (κ2) is 19.6. The van der Waals surface area contributed by atoms with Crippen LogP contribution in [0.1, 0.15) is 44.6 Å². The van der Waals surface area contributed by atoms with Crippen LogP contribution in [0.2, 0.25) is 0 Å². The third kappa shape index (κ3) is 13.6. The molecule has 1 heterocycles. The summed E-state index contributed by atoms with van der Waals surface area (Å²) < 4.78 is 10.5. The van der Waals surface area contributed by atoms with Gasteiger partial charge in [0.15, 0.2) is 5.96 Å². The molecule has 1 aromatic carbocycles. The zero-order valence-electron chi connectivity index (χ0n) is 20.2. The van der Waals surface area contributed by atoms with E-state index in [1.807, 2.05) is 0 Å². The van der Waals surface area contributed by atoms with Gasteiger partial charge in [-0.25, -0.2) is 0 Å². The first-order valence-corrected chi connectivity index (χ1v) is 12.2. The van der Waals surface area contributed by atoms with Crippen LogP contribution in [0, 0.1) is 5.92 Å². The molecule has 0 saturated carbocycles. The largest absolute Gasteiger partial charge is 0.382 e. The summed E-state index contributed by atoms with van der Waals surface area (Å²) >= 11 is 0. The average Bonchev–Trinajstić information content (AvgIpc) is 2.80. The number of benzene rings is 1. The van der Waals surface area contributed by atoms with Crippen molar-refractivity contribution < 1.29 is 9.47 Å².